The zero-order valence-electron chi connectivity index (χ0n) is 16.2. The van der Waals surface area contributed by atoms with Crippen LogP contribution >= 0.6 is 0 Å². The molecule has 2 heterocycles. The lowest BCUT2D eigenvalue weighted by Crippen LogP contribution is -2.37. The normalized spacial score (nSPS) is 14.5. The van der Waals surface area contributed by atoms with Gasteiger partial charge in [-0.05, 0) is 37.8 Å². The van der Waals surface area contributed by atoms with Crippen molar-refractivity contribution in [2.24, 2.45) is 0 Å². The van der Waals surface area contributed by atoms with Crippen LogP contribution in [-0.4, -0.2) is 46.3 Å². The van der Waals surface area contributed by atoms with Crippen molar-refractivity contribution in [2.75, 3.05) is 19.6 Å². The number of hydrogen-bond donors (Lipinski definition) is 1. The Morgan fingerprint density at radius 1 is 1.25 bits per heavy atom. The van der Waals surface area contributed by atoms with Crippen molar-refractivity contribution in [3.8, 4) is 0 Å². The highest BCUT2D eigenvalue weighted by Gasteiger charge is 2.27. The Bertz CT molecular complexity index is 843. The van der Waals surface area contributed by atoms with Crippen LogP contribution in [0.2, 0.25) is 0 Å². The van der Waals surface area contributed by atoms with Crippen LogP contribution in [0, 0.1) is 6.92 Å². The molecule has 1 aromatic carbocycles. The summed E-state index contributed by atoms with van der Waals surface area (Å²) in [6.45, 7) is 7.23. The SMILES string of the molecule is C=CC(=O)N1CCC(c2nc(C)ncc2C(=O)NCCc2ccccc2)CC1. The van der Waals surface area contributed by atoms with Gasteiger partial charge in [-0.1, -0.05) is 36.9 Å². The number of aromatic nitrogens is 2. The molecule has 0 spiro atoms. The van der Waals surface area contributed by atoms with E-state index in [1.165, 1.54) is 11.6 Å². The number of likely N-dealkylation sites (tertiary alicyclic amines) is 1. The van der Waals surface area contributed by atoms with Gasteiger partial charge in [-0.2, -0.15) is 0 Å². The van der Waals surface area contributed by atoms with E-state index >= 15 is 0 Å². The van der Waals surface area contributed by atoms with Gasteiger partial charge in [-0.3, -0.25) is 9.59 Å². The minimum atomic E-state index is -0.143. The van der Waals surface area contributed by atoms with Gasteiger partial charge in [0.05, 0.1) is 11.3 Å². The number of piperidine rings is 1. The fourth-order valence-corrected chi connectivity index (χ4v) is 3.54. The molecule has 1 saturated heterocycles. The summed E-state index contributed by atoms with van der Waals surface area (Å²) in [5.41, 5.74) is 2.50. The van der Waals surface area contributed by atoms with Crippen LogP contribution in [0.1, 0.15) is 46.2 Å². The Morgan fingerprint density at radius 2 is 1.96 bits per heavy atom. The second kappa shape index (κ2) is 9.26. The molecule has 6 nitrogen and oxygen atoms in total. The summed E-state index contributed by atoms with van der Waals surface area (Å²) >= 11 is 0. The topological polar surface area (TPSA) is 75.2 Å². The van der Waals surface area contributed by atoms with Crippen molar-refractivity contribution in [2.45, 2.75) is 32.1 Å². The third-order valence-corrected chi connectivity index (χ3v) is 5.09. The summed E-state index contributed by atoms with van der Waals surface area (Å²) < 4.78 is 0. The lowest BCUT2D eigenvalue weighted by molar-refractivity contribution is -0.127. The summed E-state index contributed by atoms with van der Waals surface area (Å²) in [7, 11) is 0. The van der Waals surface area contributed by atoms with E-state index in [0.29, 0.717) is 31.0 Å². The fourth-order valence-electron chi connectivity index (χ4n) is 3.54. The average molecular weight is 378 g/mol. The molecule has 0 bridgehead atoms. The van der Waals surface area contributed by atoms with Gasteiger partial charge in [0.25, 0.3) is 5.91 Å². The minimum Gasteiger partial charge on any atom is -0.352 e. The van der Waals surface area contributed by atoms with Gasteiger partial charge in [0.1, 0.15) is 5.82 Å². The Kier molecular flexibility index (Phi) is 6.53. The van der Waals surface area contributed by atoms with Gasteiger partial charge in [-0.25, -0.2) is 9.97 Å². The number of rotatable bonds is 6. The minimum absolute atomic E-state index is 0.0452. The van der Waals surface area contributed by atoms with Crippen LogP contribution in [0.3, 0.4) is 0 Å². The Labute approximate surface area is 165 Å². The highest BCUT2D eigenvalue weighted by molar-refractivity contribution is 5.95. The molecule has 0 unspecified atom stereocenters. The molecule has 1 N–H and O–H groups in total. The second-order valence-corrected chi connectivity index (χ2v) is 7.01. The molecule has 2 aromatic rings. The van der Waals surface area contributed by atoms with Crippen molar-refractivity contribution in [1.82, 2.24) is 20.2 Å². The van der Waals surface area contributed by atoms with Crippen LogP contribution < -0.4 is 5.32 Å². The molecule has 146 valence electrons. The fraction of sp³-hybridized carbons (Fsp3) is 0.364. The Hall–Kier alpha value is -3.02. The first-order valence-electron chi connectivity index (χ1n) is 9.65. The van der Waals surface area contributed by atoms with Gasteiger partial charge in [0.15, 0.2) is 0 Å². The number of hydrogen-bond acceptors (Lipinski definition) is 4. The molecule has 0 atom stereocenters. The molecule has 1 aromatic heterocycles. The number of benzene rings is 1. The summed E-state index contributed by atoms with van der Waals surface area (Å²) in [5.74, 6) is 0.609. The largest absolute Gasteiger partial charge is 0.352 e. The third kappa shape index (κ3) is 4.82. The highest BCUT2D eigenvalue weighted by Crippen LogP contribution is 2.29. The van der Waals surface area contributed by atoms with E-state index in [9.17, 15) is 9.59 Å². The molecule has 1 aliphatic rings. The summed E-state index contributed by atoms with van der Waals surface area (Å²) in [6, 6.07) is 10.1. The van der Waals surface area contributed by atoms with Gasteiger partial charge in [-0.15, -0.1) is 0 Å². The highest BCUT2D eigenvalue weighted by atomic mass is 16.2. The van der Waals surface area contributed by atoms with E-state index in [4.69, 9.17) is 0 Å². The number of nitrogens with one attached hydrogen (secondary N) is 1. The number of amides is 2. The molecular weight excluding hydrogens is 352 g/mol. The van der Waals surface area contributed by atoms with Crippen LogP contribution in [0.4, 0.5) is 0 Å². The predicted molar refractivity (Wildman–Crippen MR) is 108 cm³/mol. The predicted octanol–water partition coefficient (Wildman–Crippen LogP) is 2.65. The molecule has 1 aliphatic heterocycles. The van der Waals surface area contributed by atoms with E-state index in [-0.39, 0.29) is 17.7 Å². The standard InChI is InChI=1S/C22H26N4O2/c1-3-20(27)26-13-10-18(11-14-26)21-19(15-24-16(2)25-21)22(28)23-12-9-17-7-5-4-6-8-17/h3-8,15,18H,1,9-14H2,2H3,(H,23,28). The van der Waals surface area contributed by atoms with E-state index in [1.54, 1.807) is 11.1 Å². The zero-order chi connectivity index (χ0) is 19.9. The molecule has 6 heteroatoms. The van der Waals surface area contributed by atoms with Crippen molar-refractivity contribution < 1.29 is 9.59 Å². The van der Waals surface area contributed by atoms with Crippen molar-refractivity contribution in [3.05, 3.63) is 71.8 Å². The summed E-state index contributed by atoms with van der Waals surface area (Å²) in [5, 5.41) is 2.99. The molecule has 0 saturated carbocycles. The second-order valence-electron chi connectivity index (χ2n) is 7.01. The van der Waals surface area contributed by atoms with E-state index < -0.39 is 0 Å². The average Bonchev–Trinajstić information content (AvgIpc) is 2.74. The number of carbonyl (C=O) groups excluding carboxylic acids is 2. The molecule has 0 aliphatic carbocycles. The van der Waals surface area contributed by atoms with Crippen molar-refractivity contribution in [3.63, 3.8) is 0 Å². The Morgan fingerprint density at radius 3 is 2.64 bits per heavy atom. The van der Waals surface area contributed by atoms with Crippen LogP contribution in [0.15, 0.2) is 49.2 Å². The molecule has 0 radical (unpaired) electrons. The van der Waals surface area contributed by atoms with Gasteiger partial charge < -0.3 is 10.2 Å². The monoisotopic (exact) mass is 378 g/mol. The third-order valence-electron chi connectivity index (χ3n) is 5.09. The first-order chi connectivity index (χ1) is 13.6. The van der Waals surface area contributed by atoms with Gasteiger partial charge in [0.2, 0.25) is 5.91 Å². The Balaban J connectivity index is 1.66. The van der Waals surface area contributed by atoms with Crippen LogP contribution in [0.5, 0.6) is 0 Å². The number of aryl methyl sites for hydroxylation is 1. The van der Waals surface area contributed by atoms with Crippen molar-refractivity contribution >= 4 is 11.8 Å². The molecule has 3 rings (SSSR count). The number of carbonyl (C=O) groups is 2. The summed E-state index contributed by atoms with van der Waals surface area (Å²) in [6.07, 6.45) is 5.30. The first-order valence-corrected chi connectivity index (χ1v) is 9.65. The smallest absolute Gasteiger partial charge is 0.254 e. The van der Waals surface area contributed by atoms with Crippen LogP contribution in [-0.2, 0) is 11.2 Å². The maximum absolute atomic E-state index is 12.8. The first kappa shape index (κ1) is 19.7. The number of nitrogens with zero attached hydrogens (tertiary/aromatic N) is 3. The van der Waals surface area contributed by atoms with E-state index in [0.717, 1.165) is 25.0 Å². The maximum Gasteiger partial charge on any atom is 0.254 e. The lowest BCUT2D eigenvalue weighted by atomic mass is 9.90. The van der Waals surface area contributed by atoms with Crippen LogP contribution in [0.25, 0.3) is 0 Å². The van der Waals surface area contributed by atoms with E-state index in [2.05, 4.69) is 21.9 Å². The molecular formula is C22H26N4O2. The van der Waals surface area contributed by atoms with Gasteiger partial charge >= 0.3 is 0 Å². The quantitative estimate of drug-likeness (QED) is 0.784. The zero-order valence-corrected chi connectivity index (χ0v) is 16.2. The summed E-state index contributed by atoms with van der Waals surface area (Å²) in [4.78, 5) is 35.1. The molecule has 28 heavy (non-hydrogen) atoms. The molecule has 2 amide bonds. The van der Waals surface area contributed by atoms with Crippen molar-refractivity contribution in [1.29, 1.82) is 0 Å². The maximum atomic E-state index is 12.8. The molecule has 1 fully saturated rings. The van der Waals surface area contributed by atoms with Gasteiger partial charge in [0, 0.05) is 31.7 Å². The van der Waals surface area contributed by atoms with E-state index in [1.807, 2.05) is 37.3 Å². The lowest BCUT2D eigenvalue weighted by Gasteiger charge is -2.31.